The van der Waals surface area contributed by atoms with Crippen molar-refractivity contribution in [2.75, 3.05) is 18.5 Å². The fourth-order valence-electron chi connectivity index (χ4n) is 2.36. The van der Waals surface area contributed by atoms with Gasteiger partial charge in [0.05, 0.1) is 17.6 Å². The Morgan fingerprint density at radius 1 is 1.43 bits per heavy atom. The Bertz CT molecular complexity index is 669. The van der Waals surface area contributed by atoms with Crippen LogP contribution in [-0.2, 0) is 6.54 Å². The summed E-state index contributed by atoms with van der Waals surface area (Å²) in [6.45, 7) is 4.90. The van der Waals surface area contributed by atoms with Gasteiger partial charge in [0.2, 0.25) is 0 Å². The summed E-state index contributed by atoms with van der Waals surface area (Å²) in [6.07, 6.45) is 1.83. The van der Waals surface area contributed by atoms with Gasteiger partial charge in [-0.25, -0.2) is 0 Å². The zero-order valence-corrected chi connectivity index (χ0v) is 13.6. The number of benzene rings is 1. The number of aromatic nitrogens is 2. The fraction of sp³-hybridized carbons (Fsp3) is 0.438. The van der Waals surface area contributed by atoms with E-state index in [0.717, 1.165) is 5.69 Å². The lowest BCUT2D eigenvalue weighted by molar-refractivity contribution is -0.385. The van der Waals surface area contributed by atoms with Gasteiger partial charge in [0.1, 0.15) is 12.4 Å². The van der Waals surface area contributed by atoms with E-state index in [1.54, 1.807) is 0 Å². The van der Waals surface area contributed by atoms with Crippen molar-refractivity contribution in [1.29, 1.82) is 0 Å². The maximum atomic E-state index is 10.6. The van der Waals surface area contributed by atoms with E-state index in [0.29, 0.717) is 12.5 Å². The van der Waals surface area contributed by atoms with Gasteiger partial charge in [-0.3, -0.25) is 14.8 Å². The van der Waals surface area contributed by atoms with E-state index in [1.165, 1.54) is 22.6 Å². The SMILES string of the molecule is CC(C)c1cccc(N(C)CC(O)Cn2cc([N+](=O)[O-])cn2)c1. The topological polar surface area (TPSA) is 84.4 Å². The third-order valence-corrected chi connectivity index (χ3v) is 3.69. The Morgan fingerprint density at radius 2 is 2.17 bits per heavy atom. The molecule has 1 aromatic carbocycles. The van der Waals surface area contributed by atoms with Crippen molar-refractivity contribution in [2.24, 2.45) is 0 Å². The van der Waals surface area contributed by atoms with E-state index in [2.05, 4.69) is 31.1 Å². The monoisotopic (exact) mass is 318 g/mol. The van der Waals surface area contributed by atoms with Crippen molar-refractivity contribution in [3.05, 3.63) is 52.3 Å². The van der Waals surface area contributed by atoms with Gasteiger partial charge < -0.3 is 10.0 Å². The van der Waals surface area contributed by atoms with Gasteiger partial charge >= 0.3 is 5.69 Å². The van der Waals surface area contributed by atoms with Crippen molar-refractivity contribution >= 4 is 11.4 Å². The van der Waals surface area contributed by atoms with Crippen LogP contribution in [0.3, 0.4) is 0 Å². The molecule has 0 saturated carbocycles. The van der Waals surface area contributed by atoms with Crippen LogP contribution < -0.4 is 4.90 Å². The molecule has 1 aromatic heterocycles. The molecule has 7 nitrogen and oxygen atoms in total. The summed E-state index contributed by atoms with van der Waals surface area (Å²) in [5.74, 6) is 0.442. The molecule has 1 unspecified atom stereocenters. The van der Waals surface area contributed by atoms with Gasteiger partial charge in [-0.1, -0.05) is 26.0 Å². The minimum Gasteiger partial charge on any atom is -0.389 e. The normalized spacial score (nSPS) is 12.4. The van der Waals surface area contributed by atoms with E-state index in [-0.39, 0.29) is 12.2 Å². The molecule has 1 N–H and O–H groups in total. The second-order valence-electron chi connectivity index (χ2n) is 5.96. The molecule has 1 atom stereocenters. The Hall–Kier alpha value is -2.41. The molecule has 2 rings (SSSR count). The molecule has 124 valence electrons. The standard InChI is InChI=1S/C16H22N4O3/c1-12(2)13-5-4-6-14(7-13)18(3)10-16(21)11-19-9-15(8-17-19)20(22)23/h4-9,12,16,21H,10-11H2,1-3H3. The molecular weight excluding hydrogens is 296 g/mol. The minimum absolute atomic E-state index is 0.0739. The zero-order valence-electron chi connectivity index (χ0n) is 13.6. The molecular formula is C16H22N4O3. The van der Waals surface area contributed by atoms with Crippen molar-refractivity contribution in [3.63, 3.8) is 0 Å². The van der Waals surface area contributed by atoms with E-state index < -0.39 is 11.0 Å². The van der Waals surface area contributed by atoms with Crippen LogP contribution in [0.25, 0.3) is 0 Å². The van der Waals surface area contributed by atoms with Crippen LogP contribution in [-0.4, -0.2) is 39.5 Å². The van der Waals surface area contributed by atoms with Gasteiger partial charge in [0, 0.05) is 19.3 Å². The molecule has 7 heteroatoms. The second kappa shape index (κ2) is 7.23. The van der Waals surface area contributed by atoms with E-state index in [4.69, 9.17) is 0 Å². The third-order valence-electron chi connectivity index (χ3n) is 3.69. The number of likely N-dealkylation sites (N-methyl/N-ethyl adjacent to an activating group) is 1. The molecule has 0 aliphatic heterocycles. The van der Waals surface area contributed by atoms with Gasteiger partial charge in [-0.15, -0.1) is 0 Å². The van der Waals surface area contributed by atoms with Crippen LogP contribution >= 0.6 is 0 Å². The number of nitro groups is 1. The Labute approximate surface area is 135 Å². The Kier molecular flexibility index (Phi) is 5.33. The smallest absolute Gasteiger partial charge is 0.306 e. The highest BCUT2D eigenvalue weighted by Gasteiger charge is 2.14. The Morgan fingerprint density at radius 3 is 2.78 bits per heavy atom. The van der Waals surface area contributed by atoms with Crippen molar-refractivity contribution < 1.29 is 10.0 Å². The van der Waals surface area contributed by atoms with Crippen molar-refractivity contribution in [1.82, 2.24) is 9.78 Å². The maximum Gasteiger partial charge on any atom is 0.306 e. The molecule has 0 fully saturated rings. The summed E-state index contributed by atoms with van der Waals surface area (Å²) in [5.41, 5.74) is 2.20. The number of aliphatic hydroxyl groups excluding tert-OH is 1. The maximum absolute atomic E-state index is 10.6. The number of nitrogens with zero attached hydrogens (tertiary/aromatic N) is 4. The second-order valence-corrected chi connectivity index (χ2v) is 5.96. The number of hydrogen-bond donors (Lipinski definition) is 1. The van der Waals surface area contributed by atoms with Gasteiger partial charge in [-0.05, 0) is 23.6 Å². The number of anilines is 1. The lowest BCUT2D eigenvalue weighted by Crippen LogP contribution is -2.32. The number of hydrogen-bond acceptors (Lipinski definition) is 5. The molecule has 0 aliphatic carbocycles. The summed E-state index contributed by atoms with van der Waals surface area (Å²) in [4.78, 5) is 12.1. The molecule has 0 radical (unpaired) electrons. The molecule has 0 aliphatic rings. The van der Waals surface area contributed by atoms with Gasteiger partial charge in [0.25, 0.3) is 0 Å². The van der Waals surface area contributed by atoms with Gasteiger partial charge in [-0.2, -0.15) is 5.10 Å². The van der Waals surface area contributed by atoms with Crippen LogP contribution in [0, 0.1) is 10.1 Å². The summed E-state index contributed by atoms with van der Waals surface area (Å²) < 4.78 is 1.39. The van der Waals surface area contributed by atoms with Crippen LogP contribution in [0.2, 0.25) is 0 Å². The summed E-state index contributed by atoms with van der Waals surface area (Å²) in [5, 5.41) is 24.7. The highest BCUT2D eigenvalue weighted by atomic mass is 16.6. The molecule has 0 saturated heterocycles. The molecule has 0 amide bonds. The predicted octanol–water partition coefficient (Wildman–Crippen LogP) is 2.41. The zero-order chi connectivity index (χ0) is 17.0. The first kappa shape index (κ1) is 17.0. The van der Waals surface area contributed by atoms with Crippen LogP contribution in [0.4, 0.5) is 11.4 Å². The first-order valence-corrected chi connectivity index (χ1v) is 7.53. The van der Waals surface area contributed by atoms with Crippen molar-refractivity contribution in [3.8, 4) is 0 Å². The van der Waals surface area contributed by atoms with Crippen LogP contribution in [0.1, 0.15) is 25.3 Å². The van der Waals surface area contributed by atoms with Crippen molar-refractivity contribution in [2.45, 2.75) is 32.4 Å². The first-order chi connectivity index (χ1) is 10.9. The van der Waals surface area contributed by atoms with Crippen LogP contribution in [0.15, 0.2) is 36.7 Å². The van der Waals surface area contributed by atoms with Crippen LogP contribution in [0.5, 0.6) is 0 Å². The highest BCUT2D eigenvalue weighted by molar-refractivity contribution is 5.48. The molecule has 23 heavy (non-hydrogen) atoms. The highest BCUT2D eigenvalue weighted by Crippen LogP contribution is 2.21. The van der Waals surface area contributed by atoms with E-state index in [1.807, 2.05) is 24.1 Å². The Balaban J connectivity index is 1.97. The first-order valence-electron chi connectivity index (χ1n) is 7.53. The van der Waals surface area contributed by atoms with E-state index >= 15 is 0 Å². The quantitative estimate of drug-likeness (QED) is 0.626. The van der Waals surface area contributed by atoms with E-state index in [9.17, 15) is 15.2 Å². The third kappa shape index (κ3) is 4.53. The summed E-state index contributed by atoms with van der Waals surface area (Å²) in [6, 6.07) is 8.19. The summed E-state index contributed by atoms with van der Waals surface area (Å²) >= 11 is 0. The lowest BCUT2D eigenvalue weighted by Gasteiger charge is -2.23. The number of rotatable bonds is 7. The average molecular weight is 318 g/mol. The molecule has 0 bridgehead atoms. The largest absolute Gasteiger partial charge is 0.389 e. The molecule has 0 spiro atoms. The lowest BCUT2D eigenvalue weighted by atomic mass is 10.0. The molecule has 2 aromatic rings. The fourth-order valence-corrected chi connectivity index (χ4v) is 2.36. The van der Waals surface area contributed by atoms with Gasteiger partial charge in [0.15, 0.2) is 0 Å². The molecule has 1 heterocycles. The predicted molar refractivity (Wildman–Crippen MR) is 88.7 cm³/mol. The number of aliphatic hydroxyl groups is 1. The summed E-state index contributed by atoms with van der Waals surface area (Å²) in [7, 11) is 1.91. The average Bonchev–Trinajstić information content (AvgIpc) is 2.95. The minimum atomic E-state index is -0.679.